The van der Waals surface area contributed by atoms with Gasteiger partial charge < -0.3 is 9.64 Å². The van der Waals surface area contributed by atoms with Gasteiger partial charge in [0.15, 0.2) is 0 Å². The van der Waals surface area contributed by atoms with Crippen LogP contribution in [0.1, 0.15) is 64.2 Å². The van der Waals surface area contributed by atoms with E-state index in [1.807, 2.05) is 4.90 Å². The molecule has 1 amide bonds. The van der Waals surface area contributed by atoms with E-state index in [1.54, 1.807) is 0 Å². The molecule has 0 radical (unpaired) electrons. The Hall–Kier alpha value is -0.570. The third-order valence-corrected chi connectivity index (χ3v) is 5.25. The molecule has 3 rings (SSSR count). The van der Waals surface area contributed by atoms with Crippen LogP contribution in [0.3, 0.4) is 0 Å². The van der Waals surface area contributed by atoms with Crippen LogP contribution in [0.25, 0.3) is 0 Å². The topological polar surface area (TPSA) is 29.5 Å². The number of carbonyl (C=O) groups is 1. The maximum Gasteiger partial charge on any atom is 0.222 e. The first-order chi connectivity index (χ1) is 9.81. The van der Waals surface area contributed by atoms with Crippen LogP contribution in [0.15, 0.2) is 0 Å². The molecular weight excluding hydrogens is 250 g/mol. The Morgan fingerprint density at radius 2 is 1.80 bits per heavy atom. The van der Waals surface area contributed by atoms with E-state index in [-0.39, 0.29) is 0 Å². The molecule has 1 saturated heterocycles. The highest BCUT2D eigenvalue weighted by molar-refractivity contribution is 5.76. The molecule has 2 aliphatic carbocycles. The normalized spacial score (nSPS) is 28.0. The molecule has 0 bridgehead atoms. The smallest absolute Gasteiger partial charge is 0.222 e. The molecule has 0 N–H and O–H groups in total. The average Bonchev–Trinajstić information content (AvgIpc) is 3.20. The Labute approximate surface area is 123 Å². The molecule has 1 aliphatic heterocycles. The Morgan fingerprint density at radius 3 is 2.55 bits per heavy atom. The van der Waals surface area contributed by atoms with Crippen LogP contribution in [-0.2, 0) is 9.53 Å². The molecule has 114 valence electrons. The van der Waals surface area contributed by atoms with Gasteiger partial charge in [0, 0.05) is 26.1 Å². The van der Waals surface area contributed by atoms with Crippen LogP contribution >= 0.6 is 0 Å². The fourth-order valence-corrected chi connectivity index (χ4v) is 3.61. The van der Waals surface area contributed by atoms with Crippen molar-refractivity contribution in [3.8, 4) is 0 Å². The SMILES string of the molecule is O=C(CCC1CCCCC1)N1CCC(OCC2CC2)C1. The number of rotatable bonds is 6. The highest BCUT2D eigenvalue weighted by Crippen LogP contribution is 2.30. The van der Waals surface area contributed by atoms with Crippen molar-refractivity contribution in [3.63, 3.8) is 0 Å². The quantitative estimate of drug-likeness (QED) is 0.746. The van der Waals surface area contributed by atoms with Gasteiger partial charge in [0.2, 0.25) is 5.91 Å². The highest BCUT2D eigenvalue weighted by Gasteiger charge is 2.29. The summed E-state index contributed by atoms with van der Waals surface area (Å²) in [5.41, 5.74) is 0. The van der Waals surface area contributed by atoms with Crippen molar-refractivity contribution < 1.29 is 9.53 Å². The zero-order chi connectivity index (χ0) is 13.8. The van der Waals surface area contributed by atoms with Gasteiger partial charge in [-0.05, 0) is 37.5 Å². The molecule has 3 aliphatic rings. The molecule has 20 heavy (non-hydrogen) atoms. The molecule has 3 fully saturated rings. The van der Waals surface area contributed by atoms with Gasteiger partial charge in [-0.1, -0.05) is 32.1 Å². The summed E-state index contributed by atoms with van der Waals surface area (Å²) in [7, 11) is 0. The zero-order valence-corrected chi connectivity index (χ0v) is 12.7. The number of ether oxygens (including phenoxy) is 1. The van der Waals surface area contributed by atoms with E-state index in [0.717, 1.165) is 50.8 Å². The van der Waals surface area contributed by atoms with E-state index >= 15 is 0 Å². The van der Waals surface area contributed by atoms with E-state index in [0.29, 0.717) is 12.0 Å². The van der Waals surface area contributed by atoms with Crippen molar-refractivity contribution in [1.29, 1.82) is 0 Å². The standard InChI is InChI=1S/C17H29NO2/c19-17(9-8-14-4-2-1-3-5-14)18-11-10-16(12-18)20-13-15-6-7-15/h14-16H,1-13H2. The van der Waals surface area contributed by atoms with Crippen LogP contribution in [0.5, 0.6) is 0 Å². The first-order valence-corrected chi connectivity index (χ1v) is 8.70. The van der Waals surface area contributed by atoms with Crippen LogP contribution < -0.4 is 0 Å². The van der Waals surface area contributed by atoms with Crippen molar-refractivity contribution in [1.82, 2.24) is 4.90 Å². The van der Waals surface area contributed by atoms with Gasteiger partial charge in [-0.25, -0.2) is 0 Å². The Bertz CT molecular complexity index is 321. The predicted molar refractivity (Wildman–Crippen MR) is 79.5 cm³/mol. The number of hydrogen-bond donors (Lipinski definition) is 0. The largest absolute Gasteiger partial charge is 0.376 e. The van der Waals surface area contributed by atoms with Crippen LogP contribution in [-0.4, -0.2) is 36.6 Å². The molecule has 3 heteroatoms. The molecule has 1 unspecified atom stereocenters. The fourth-order valence-electron chi connectivity index (χ4n) is 3.61. The lowest BCUT2D eigenvalue weighted by Crippen LogP contribution is -2.30. The third-order valence-electron chi connectivity index (χ3n) is 5.25. The van der Waals surface area contributed by atoms with Crippen LogP contribution in [0, 0.1) is 11.8 Å². The average molecular weight is 279 g/mol. The molecule has 0 aromatic carbocycles. The maximum atomic E-state index is 12.3. The summed E-state index contributed by atoms with van der Waals surface area (Å²) in [6.07, 6.45) is 12.8. The van der Waals surface area contributed by atoms with Gasteiger partial charge in [0.25, 0.3) is 0 Å². The minimum absolute atomic E-state index is 0.314. The molecule has 2 saturated carbocycles. The second-order valence-corrected chi connectivity index (χ2v) is 7.07. The van der Waals surface area contributed by atoms with Crippen molar-refractivity contribution in [2.24, 2.45) is 11.8 Å². The van der Waals surface area contributed by atoms with Gasteiger partial charge in [-0.15, -0.1) is 0 Å². The molecule has 1 atom stereocenters. The number of amides is 1. The Kier molecular flexibility index (Phi) is 4.98. The minimum atomic E-state index is 0.314. The van der Waals surface area contributed by atoms with Crippen molar-refractivity contribution in [3.05, 3.63) is 0 Å². The first kappa shape index (κ1) is 14.4. The summed E-state index contributed by atoms with van der Waals surface area (Å²) < 4.78 is 5.91. The summed E-state index contributed by atoms with van der Waals surface area (Å²) in [6.45, 7) is 2.68. The van der Waals surface area contributed by atoms with Crippen molar-refractivity contribution in [2.75, 3.05) is 19.7 Å². The summed E-state index contributed by atoms with van der Waals surface area (Å²) in [5.74, 6) is 2.01. The molecule has 1 heterocycles. The van der Waals surface area contributed by atoms with E-state index in [9.17, 15) is 4.79 Å². The molecular formula is C17H29NO2. The molecule has 3 nitrogen and oxygen atoms in total. The second kappa shape index (κ2) is 6.93. The van der Waals surface area contributed by atoms with E-state index in [4.69, 9.17) is 4.74 Å². The van der Waals surface area contributed by atoms with Gasteiger partial charge in [-0.2, -0.15) is 0 Å². The van der Waals surface area contributed by atoms with Crippen LogP contribution in [0.4, 0.5) is 0 Å². The lowest BCUT2D eigenvalue weighted by atomic mass is 9.86. The van der Waals surface area contributed by atoms with Gasteiger partial charge >= 0.3 is 0 Å². The number of hydrogen-bond acceptors (Lipinski definition) is 2. The van der Waals surface area contributed by atoms with Gasteiger partial charge in [-0.3, -0.25) is 4.79 Å². The summed E-state index contributed by atoms with van der Waals surface area (Å²) in [6, 6.07) is 0. The Balaban J connectivity index is 1.32. The van der Waals surface area contributed by atoms with E-state index < -0.39 is 0 Å². The summed E-state index contributed by atoms with van der Waals surface area (Å²) in [5, 5.41) is 0. The Morgan fingerprint density at radius 1 is 1.00 bits per heavy atom. The van der Waals surface area contributed by atoms with E-state index in [1.165, 1.54) is 44.9 Å². The minimum Gasteiger partial charge on any atom is -0.376 e. The first-order valence-electron chi connectivity index (χ1n) is 8.70. The molecule has 0 aromatic rings. The summed E-state index contributed by atoms with van der Waals surface area (Å²) >= 11 is 0. The number of nitrogens with zero attached hydrogens (tertiary/aromatic N) is 1. The lowest BCUT2D eigenvalue weighted by molar-refractivity contribution is -0.131. The highest BCUT2D eigenvalue weighted by atomic mass is 16.5. The van der Waals surface area contributed by atoms with Gasteiger partial charge in [0.05, 0.1) is 6.10 Å². The van der Waals surface area contributed by atoms with Crippen molar-refractivity contribution in [2.45, 2.75) is 70.3 Å². The van der Waals surface area contributed by atoms with Crippen LogP contribution in [0.2, 0.25) is 0 Å². The van der Waals surface area contributed by atoms with E-state index in [2.05, 4.69) is 0 Å². The zero-order valence-electron chi connectivity index (χ0n) is 12.7. The maximum absolute atomic E-state index is 12.3. The monoisotopic (exact) mass is 279 g/mol. The van der Waals surface area contributed by atoms with Gasteiger partial charge in [0.1, 0.15) is 0 Å². The number of likely N-dealkylation sites (tertiary alicyclic amines) is 1. The second-order valence-electron chi connectivity index (χ2n) is 7.07. The van der Waals surface area contributed by atoms with Crippen molar-refractivity contribution >= 4 is 5.91 Å². The lowest BCUT2D eigenvalue weighted by Gasteiger charge is -2.22. The third kappa shape index (κ3) is 4.21. The summed E-state index contributed by atoms with van der Waals surface area (Å²) in [4.78, 5) is 14.3. The number of carbonyl (C=O) groups excluding carboxylic acids is 1. The molecule has 0 spiro atoms. The molecule has 0 aromatic heterocycles. The fraction of sp³-hybridized carbons (Fsp3) is 0.941. The predicted octanol–water partition coefficient (Wildman–Crippen LogP) is 3.37.